The molecule has 0 fully saturated rings. The molecule has 0 bridgehead atoms. The summed E-state index contributed by atoms with van der Waals surface area (Å²) >= 11 is 0. The lowest BCUT2D eigenvalue weighted by Crippen LogP contribution is -2.40. The SMILES string of the molecule is CN(C)C(=O)NCCNCC(C)(C)CCC#N. The minimum Gasteiger partial charge on any atom is -0.337 e. The molecule has 0 saturated carbocycles. The number of nitriles is 1. The monoisotopic (exact) mass is 240 g/mol. The molecule has 0 aromatic rings. The summed E-state index contributed by atoms with van der Waals surface area (Å²) in [5.41, 5.74) is 0.126. The van der Waals surface area contributed by atoms with Gasteiger partial charge in [-0.15, -0.1) is 0 Å². The number of nitrogens with zero attached hydrogens (tertiary/aromatic N) is 2. The fourth-order valence-corrected chi connectivity index (χ4v) is 1.33. The molecule has 0 aliphatic heterocycles. The predicted octanol–water partition coefficient (Wildman–Crippen LogP) is 1.18. The fraction of sp³-hybridized carbons (Fsp3) is 0.833. The molecule has 0 spiro atoms. The normalized spacial score (nSPS) is 10.8. The van der Waals surface area contributed by atoms with Crippen molar-refractivity contribution >= 4 is 6.03 Å². The zero-order chi connectivity index (χ0) is 13.3. The largest absolute Gasteiger partial charge is 0.337 e. The summed E-state index contributed by atoms with van der Waals surface area (Å²) in [4.78, 5) is 12.7. The highest BCUT2D eigenvalue weighted by atomic mass is 16.2. The summed E-state index contributed by atoms with van der Waals surface area (Å²) in [5, 5.41) is 14.6. The molecule has 2 N–H and O–H groups in total. The molecule has 17 heavy (non-hydrogen) atoms. The highest BCUT2D eigenvalue weighted by Crippen LogP contribution is 2.20. The third kappa shape index (κ3) is 8.52. The second kappa shape index (κ2) is 7.91. The Hall–Kier alpha value is -1.28. The number of amides is 2. The van der Waals surface area contributed by atoms with Crippen LogP contribution in [0.3, 0.4) is 0 Å². The third-order valence-electron chi connectivity index (χ3n) is 2.50. The molecule has 0 aromatic carbocycles. The van der Waals surface area contributed by atoms with Crippen molar-refractivity contribution in [2.45, 2.75) is 26.7 Å². The van der Waals surface area contributed by atoms with E-state index in [0.29, 0.717) is 13.0 Å². The van der Waals surface area contributed by atoms with Gasteiger partial charge >= 0.3 is 6.03 Å². The number of hydrogen-bond acceptors (Lipinski definition) is 3. The standard InChI is InChI=1S/C12H24N4O/c1-12(2,6-5-7-13)10-14-8-9-15-11(17)16(3)4/h14H,5-6,8-10H2,1-4H3,(H,15,17). The minimum atomic E-state index is -0.0736. The first-order chi connectivity index (χ1) is 7.89. The molecule has 0 heterocycles. The van der Waals surface area contributed by atoms with E-state index >= 15 is 0 Å². The number of rotatable bonds is 7. The third-order valence-corrected chi connectivity index (χ3v) is 2.50. The van der Waals surface area contributed by atoms with Crippen LogP contribution >= 0.6 is 0 Å². The van der Waals surface area contributed by atoms with Gasteiger partial charge in [-0.1, -0.05) is 13.8 Å². The average molecular weight is 240 g/mol. The van der Waals surface area contributed by atoms with Crippen LogP contribution in [0.5, 0.6) is 0 Å². The molecule has 0 aliphatic rings. The average Bonchev–Trinajstić information content (AvgIpc) is 2.25. The van der Waals surface area contributed by atoms with Gasteiger partial charge in [0, 0.05) is 40.2 Å². The molecule has 5 nitrogen and oxygen atoms in total. The molecule has 5 heteroatoms. The molecule has 0 aliphatic carbocycles. The van der Waals surface area contributed by atoms with Gasteiger partial charge in [-0.25, -0.2) is 4.79 Å². The number of nitrogens with one attached hydrogen (secondary N) is 2. The number of carbonyl (C=O) groups is 1. The summed E-state index contributed by atoms with van der Waals surface area (Å²) in [7, 11) is 3.43. The lowest BCUT2D eigenvalue weighted by molar-refractivity contribution is 0.217. The number of urea groups is 1. The van der Waals surface area contributed by atoms with Gasteiger partial charge in [0.25, 0.3) is 0 Å². The summed E-state index contributed by atoms with van der Waals surface area (Å²) in [5.74, 6) is 0. The van der Waals surface area contributed by atoms with E-state index < -0.39 is 0 Å². The first-order valence-electron chi connectivity index (χ1n) is 5.92. The van der Waals surface area contributed by atoms with E-state index in [9.17, 15) is 4.79 Å². The minimum absolute atomic E-state index is 0.0736. The Balaban J connectivity index is 3.57. The van der Waals surface area contributed by atoms with Crippen molar-refractivity contribution in [2.75, 3.05) is 33.7 Å². The first kappa shape index (κ1) is 15.7. The van der Waals surface area contributed by atoms with Crippen molar-refractivity contribution in [3.8, 4) is 6.07 Å². The summed E-state index contributed by atoms with van der Waals surface area (Å²) in [6.07, 6.45) is 1.48. The Morgan fingerprint density at radius 2 is 2.00 bits per heavy atom. The quantitative estimate of drug-likeness (QED) is 0.657. The van der Waals surface area contributed by atoms with Gasteiger partial charge in [0.15, 0.2) is 0 Å². The van der Waals surface area contributed by atoms with Crippen LogP contribution in [0.25, 0.3) is 0 Å². The van der Waals surface area contributed by atoms with Crippen molar-refractivity contribution in [1.29, 1.82) is 5.26 Å². The second-order valence-electron chi connectivity index (χ2n) is 5.13. The van der Waals surface area contributed by atoms with Gasteiger partial charge in [0.2, 0.25) is 0 Å². The summed E-state index contributed by atoms with van der Waals surface area (Å²) in [6, 6.07) is 2.09. The number of hydrogen-bond donors (Lipinski definition) is 2. The summed E-state index contributed by atoms with van der Waals surface area (Å²) in [6.45, 7) is 6.49. The van der Waals surface area contributed by atoms with Crippen LogP contribution in [0.2, 0.25) is 0 Å². The molecule has 2 amide bonds. The maximum absolute atomic E-state index is 11.2. The van der Waals surface area contributed by atoms with Crippen LogP contribution in [-0.2, 0) is 0 Å². The van der Waals surface area contributed by atoms with Crippen LogP contribution < -0.4 is 10.6 Å². The molecule has 0 radical (unpaired) electrons. The zero-order valence-corrected chi connectivity index (χ0v) is 11.3. The van der Waals surface area contributed by atoms with Crippen LogP contribution in [0.4, 0.5) is 4.79 Å². The Bertz CT molecular complexity index is 268. The van der Waals surface area contributed by atoms with E-state index in [0.717, 1.165) is 19.5 Å². The fourth-order valence-electron chi connectivity index (χ4n) is 1.33. The van der Waals surface area contributed by atoms with E-state index in [4.69, 9.17) is 5.26 Å². The first-order valence-corrected chi connectivity index (χ1v) is 5.92. The lowest BCUT2D eigenvalue weighted by atomic mass is 9.88. The number of carbonyl (C=O) groups excluding carboxylic acids is 1. The van der Waals surface area contributed by atoms with Gasteiger partial charge < -0.3 is 15.5 Å². The topological polar surface area (TPSA) is 68.2 Å². The van der Waals surface area contributed by atoms with Crippen LogP contribution in [0.1, 0.15) is 26.7 Å². The van der Waals surface area contributed by atoms with Crippen molar-refractivity contribution in [1.82, 2.24) is 15.5 Å². The van der Waals surface area contributed by atoms with Crippen molar-refractivity contribution in [3.63, 3.8) is 0 Å². The van der Waals surface area contributed by atoms with Crippen molar-refractivity contribution < 1.29 is 4.79 Å². The molecular formula is C12H24N4O. The zero-order valence-electron chi connectivity index (χ0n) is 11.3. The molecule has 0 unspecified atom stereocenters. The molecule has 0 rings (SSSR count). The maximum Gasteiger partial charge on any atom is 0.316 e. The van der Waals surface area contributed by atoms with Crippen molar-refractivity contribution in [2.24, 2.45) is 5.41 Å². The molecular weight excluding hydrogens is 216 g/mol. The van der Waals surface area contributed by atoms with Gasteiger partial charge in [0.1, 0.15) is 0 Å². The van der Waals surface area contributed by atoms with Gasteiger partial charge in [0.05, 0.1) is 6.07 Å². The second-order valence-corrected chi connectivity index (χ2v) is 5.13. The Kier molecular flexibility index (Phi) is 7.31. The van der Waals surface area contributed by atoms with Crippen molar-refractivity contribution in [3.05, 3.63) is 0 Å². The predicted molar refractivity (Wildman–Crippen MR) is 68.6 cm³/mol. The smallest absolute Gasteiger partial charge is 0.316 e. The Morgan fingerprint density at radius 1 is 1.35 bits per heavy atom. The van der Waals surface area contributed by atoms with E-state index in [1.165, 1.54) is 4.90 Å². The highest BCUT2D eigenvalue weighted by molar-refractivity contribution is 5.73. The van der Waals surface area contributed by atoms with Gasteiger partial charge in [-0.3, -0.25) is 0 Å². The molecule has 0 aromatic heterocycles. The van der Waals surface area contributed by atoms with E-state index in [-0.39, 0.29) is 11.4 Å². The maximum atomic E-state index is 11.2. The summed E-state index contributed by atoms with van der Waals surface area (Å²) < 4.78 is 0. The van der Waals surface area contributed by atoms with Crippen LogP contribution in [0.15, 0.2) is 0 Å². The van der Waals surface area contributed by atoms with E-state index in [2.05, 4.69) is 30.6 Å². The van der Waals surface area contributed by atoms with Gasteiger partial charge in [-0.05, 0) is 11.8 Å². The van der Waals surface area contributed by atoms with E-state index in [1.54, 1.807) is 14.1 Å². The highest BCUT2D eigenvalue weighted by Gasteiger charge is 2.16. The molecule has 0 atom stereocenters. The van der Waals surface area contributed by atoms with Gasteiger partial charge in [-0.2, -0.15) is 5.26 Å². The molecule has 0 saturated heterocycles. The van der Waals surface area contributed by atoms with E-state index in [1.807, 2.05) is 0 Å². The Labute approximate surface area is 104 Å². The van der Waals surface area contributed by atoms with Crippen LogP contribution in [-0.4, -0.2) is 44.7 Å². The Morgan fingerprint density at radius 3 is 2.53 bits per heavy atom. The van der Waals surface area contributed by atoms with Crippen LogP contribution in [0, 0.1) is 16.7 Å². The lowest BCUT2D eigenvalue weighted by Gasteiger charge is -2.24. The molecule has 98 valence electrons.